The monoisotopic (exact) mass is 232 g/mol. The van der Waals surface area contributed by atoms with E-state index in [2.05, 4.69) is 5.16 Å². The number of aromatic nitrogens is 1. The lowest BCUT2D eigenvalue weighted by Gasteiger charge is -2.10. The zero-order chi connectivity index (χ0) is 12.6. The third kappa shape index (κ3) is 1.56. The van der Waals surface area contributed by atoms with Crippen LogP contribution in [0.5, 0.6) is 5.75 Å². The predicted octanol–water partition coefficient (Wildman–Crippen LogP) is 1.44. The third-order valence-electron chi connectivity index (χ3n) is 2.79. The Hall–Kier alpha value is -2.30. The molecule has 1 aromatic heterocycles. The summed E-state index contributed by atoms with van der Waals surface area (Å²) in [6.45, 7) is 1.46. The molecule has 0 amide bonds. The Kier molecular flexibility index (Phi) is 2.59. The number of aromatic hydroxyl groups is 1. The van der Waals surface area contributed by atoms with Gasteiger partial charge in [-0.25, -0.2) is 0 Å². The highest BCUT2D eigenvalue weighted by Crippen LogP contribution is 2.25. The van der Waals surface area contributed by atoms with Crippen molar-refractivity contribution in [2.24, 2.45) is 12.2 Å². The van der Waals surface area contributed by atoms with Gasteiger partial charge in [0.05, 0.1) is 11.2 Å². The van der Waals surface area contributed by atoms with Gasteiger partial charge in [0.1, 0.15) is 11.3 Å². The molecule has 0 saturated carbocycles. The lowest BCUT2D eigenvalue weighted by molar-refractivity contribution is 0.318. The average molecular weight is 232 g/mol. The Balaban J connectivity index is 3.02. The fraction of sp³-hybridized carbons (Fsp3) is 0.167. The van der Waals surface area contributed by atoms with Crippen molar-refractivity contribution < 1.29 is 10.3 Å². The number of benzene rings is 1. The van der Waals surface area contributed by atoms with Crippen LogP contribution in [-0.2, 0) is 7.05 Å². The lowest BCUT2D eigenvalue weighted by Crippen LogP contribution is -2.24. The van der Waals surface area contributed by atoms with Crippen molar-refractivity contribution in [3.05, 3.63) is 40.2 Å². The van der Waals surface area contributed by atoms with Gasteiger partial charge in [0.15, 0.2) is 0 Å². The van der Waals surface area contributed by atoms with E-state index in [1.54, 1.807) is 31.3 Å². The van der Waals surface area contributed by atoms with Crippen molar-refractivity contribution >= 4 is 16.6 Å². The Morgan fingerprint density at radius 3 is 2.65 bits per heavy atom. The summed E-state index contributed by atoms with van der Waals surface area (Å²) in [5.41, 5.74) is 0.351. The van der Waals surface area contributed by atoms with E-state index < -0.39 is 5.56 Å². The number of pyridine rings is 1. The molecule has 5 heteroatoms. The number of hydrogen-bond donors (Lipinski definition) is 2. The van der Waals surface area contributed by atoms with Crippen LogP contribution < -0.4 is 5.56 Å². The zero-order valence-corrected chi connectivity index (χ0v) is 9.51. The van der Waals surface area contributed by atoms with Gasteiger partial charge in [-0.3, -0.25) is 4.79 Å². The number of aryl methyl sites for hydroxylation is 1. The number of oxime groups is 1. The number of nitrogens with zero attached hydrogens (tertiary/aromatic N) is 2. The first kappa shape index (κ1) is 11.2. The standard InChI is InChI=1S/C12H12N2O3/c1-7(13-17)10-11(15)8-5-3-4-6-9(8)14(2)12(10)16/h3-6,15,17H,1-2H3/b13-7-. The molecule has 0 radical (unpaired) electrons. The largest absolute Gasteiger partial charge is 0.506 e. The summed E-state index contributed by atoms with van der Waals surface area (Å²) < 4.78 is 1.42. The molecular weight excluding hydrogens is 220 g/mol. The first-order chi connectivity index (χ1) is 8.07. The van der Waals surface area contributed by atoms with Crippen LogP contribution in [0.15, 0.2) is 34.2 Å². The van der Waals surface area contributed by atoms with Gasteiger partial charge in [-0.2, -0.15) is 0 Å². The first-order valence-corrected chi connectivity index (χ1v) is 5.07. The Morgan fingerprint density at radius 1 is 1.35 bits per heavy atom. The molecule has 0 fully saturated rings. The molecule has 1 aromatic carbocycles. The minimum absolute atomic E-state index is 0.0219. The number of fused-ring (bicyclic) bond motifs is 1. The SMILES string of the molecule is C/C(=N/O)c1c(O)c2ccccc2n(C)c1=O. The normalized spacial score (nSPS) is 12.0. The summed E-state index contributed by atoms with van der Waals surface area (Å²) in [6, 6.07) is 7.00. The molecule has 2 rings (SSSR count). The Bertz CT molecular complexity index is 671. The van der Waals surface area contributed by atoms with Crippen LogP contribution in [0, 0.1) is 0 Å². The van der Waals surface area contributed by atoms with Gasteiger partial charge in [0.25, 0.3) is 5.56 Å². The molecule has 0 aliphatic carbocycles. The molecular formula is C12H12N2O3. The van der Waals surface area contributed by atoms with Gasteiger partial charge < -0.3 is 14.9 Å². The number of rotatable bonds is 1. The molecule has 0 aliphatic rings. The molecule has 2 N–H and O–H groups in total. The average Bonchev–Trinajstić information content (AvgIpc) is 2.36. The van der Waals surface area contributed by atoms with Crippen LogP contribution in [0.25, 0.3) is 10.9 Å². The Labute approximate surface area is 97.2 Å². The molecule has 17 heavy (non-hydrogen) atoms. The minimum atomic E-state index is -0.392. The molecule has 0 spiro atoms. The van der Waals surface area contributed by atoms with Crippen LogP contribution in [0.3, 0.4) is 0 Å². The molecule has 0 atom stereocenters. The van der Waals surface area contributed by atoms with E-state index in [4.69, 9.17) is 5.21 Å². The van der Waals surface area contributed by atoms with E-state index in [0.29, 0.717) is 10.9 Å². The van der Waals surface area contributed by atoms with Crippen LogP contribution in [0.4, 0.5) is 0 Å². The molecule has 0 saturated heterocycles. The highest BCUT2D eigenvalue weighted by Gasteiger charge is 2.16. The van der Waals surface area contributed by atoms with Gasteiger partial charge >= 0.3 is 0 Å². The van der Waals surface area contributed by atoms with Gasteiger partial charge in [0, 0.05) is 12.4 Å². The van der Waals surface area contributed by atoms with Gasteiger partial charge in [-0.1, -0.05) is 17.3 Å². The van der Waals surface area contributed by atoms with E-state index in [0.717, 1.165) is 0 Å². The predicted molar refractivity (Wildman–Crippen MR) is 64.9 cm³/mol. The second-order valence-corrected chi connectivity index (χ2v) is 3.79. The maximum atomic E-state index is 12.0. The van der Waals surface area contributed by atoms with Crippen molar-refractivity contribution in [3.8, 4) is 5.75 Å². The molecule has 0 aliphatic heterocycles. The van der Waals surface area contributed by atoms with Crippen LogP contribution in [0.1, 0.15) is 12.5 Å². The molecule has 5 nitrogen and oxygen atoms in total. The molecule has 0 unspecified atom stereocenters. The second-order valence-electron chi connectivity index (χ2n) is 3.79. The highest BCUT2D eigenvalue weighted by atomic mass is 16.4. The number of para-hydroxylation sites is 1. The van der Waals surface area contributed by atoms with Gasteiger partial charge in [-0.05, 0) is 19.1 Å². The molecule has 88 valence electrons. The summed E-state index contributed by atoms with van der Waals surface area (Å²) in [5, 5.41) is 22.3. The summed E-state index contributed by atoms with van der Waals surface area (Å²) in [6.07, 6.45) is 0. The van der Waals surface area contributed by atoms with Crippen molar-refractivity contribution in [2.45, 2.75) is 6.92 Å². The van der Waals surface area contributed by atoms with Gasteiger partial charge in [0.2, 0.25) is 0 Å². The van der Waals surface area contributed by atoms with Crippen molar-refractivity contribution in [3.63, 3.8) is 0 Å². The van der Waals surface area contributed by atoms with E-state index in [1.807, 2.05) is 0 Å². The van der Waals surface area contributed by atoms with E-state index in [-0.39, 0.29) is 17.0 Å². The molecule has 0 bridgehead atoms. The van der Waals surface area contributed by atoms with Crippen molar-refractivity contribution in [1.82, 2.24) is 4.57 Å². The van der Waals surface area contributed by atoms with E-state index in [9.17, 15) is 9.90 Å². The summed E-state index contributed by atoms with van der Waals surface area (Å²) in [7, 11) is 1.61. The highest BCUT2D eigenvalue weighted by molar-refractivity contribution is 6.04. The van der Waals surface area contributed by atoms with Crippen LogP contribution in [0.2, 0.25) is 0 Å². The fourth-order valence-electron chi connectivity index (χ4n) is 1.86. The maximum Gasteiger partial charge on any atom is 0.263 e. The second kappa shape index (κ2) is 3.93. The molecule has 2 aromatic rings. The quantitative estimate of drug-likeness (QED) is 0.444. The number of hydrogen-bond acceptors (Lipinski definition) is 4. The zero-order valence-electron chi connectivity index (χ0n) is 9.51. The van der Waals surface area contributed by atoms with Crippen LogP contribution >= 0.6 is 0 Å². The lowest BCUT2D eigenvalue weighted by atomic mass is 10.1. The Morgan fingerprint density at radius 2 is 2.00 bits per heavy atom. The fourth-order valence-corrected chi connectivity index (χ4v) is 1.86. The van der Waals surface area contributed by atoms with Crippen molar-refractivity contribution in [2.75, 3.05) is 0 Å². The maximum absolute atomic E-state index is 12.0. The summed E-state index contributed by atoms with van der Waals surface area (Å²) in [4.78, 5) is 12.0. The minimum Gasteiger partial charge on any atom is -0.506 e. The van der Waals surface area contributed by atoms with E-state index >= 15 is 0 Å². The van der Waals surface area contributed by atoms with Crippen LogP contribution in [-0.4, -0.2) is 20.6 Å². The molecule has 1 heterocycles. The van der Waals surface area contributed by atoms with E-state index in [1.165, 1.54) is 11.5 Å². The van der Waals surface area contributed by atoms with Gasteiger partial charge in [-0.15, -0.1) is 0 Å². The third-order valence-corrected chi connectivity index (χ3v) is 2.79. The summed E-state index contributed by atoms with van der Waals surface area (Å²) >= 11 is 0. The topological polar surface area (TPSA) is 74.8 Å². The smallest absolute Gasteiger partial charge is 0.263 e. The van der Waals surface area contributed by atoms with Crippen molar-refractivity contribution in [1.29, 1.82) is 0 Å². The summed E-state index contributed by atoms with van der Waals surface area (Å²) in [5.74, 6) is -0.154. The first-order valence-electron chi connectivity index (χ1n) is 5.07.